The zero-order chi connectivity index (χ0) is 19.8. The largest absolute Gasteiger partial charge is 0.493 e. The first-order valence-corrected chi connectivity index (χ1v) is 8.91. The summed E-state index contributed by atoms with van der Waals surface area (Å²) in [6.07, 6.45) is 0. The van der Waals surface area contributed by atoms with E-state index in [9.17, 15) is 9.59 Å². The van der Waals surface area contributed by atoms with Crippen LogP contribution in [0.1, 0.15) is 20.7 Å². The van der Waals surface area contributed by atoms with Crippen LogP contribution in [0.25, 0.3) is 0 Å². The zero-order valence-corrected chi connectivity index (χ0v) is 16.9. The summed E-state index contributed by atoms with van der Waals surface area (Å²) in [5, 5.41) is 5.49. The average molecular weight is 437 g/mol. The molecule has 2 N–H and O–H groups in total. The normalized spacial score (nSPS) is 10.1. The average Bonchev–Trinajstić information content (AvgIpc) is 2.70. The van der Waals surface area contributed by atoms with Crippen molar-refractivity contribution in [3.63, 3.8) is 0 Å². The van der Waals surface area contributed by atoms with E-state index in [1.165, 1.54) is 21.3 Å². The Labute approximate surface area is 166 Å². The molecule has 2 rings (SSSR count). The molecule has 0 saturated heterocycles. The van der Waals surface area contributed by atoms with Gasteiger partial charge in [0.15, 0.2) is 11.5 Å². The maximum atomic E-state index is 12.4. The second kappa shape index (κ2) is 9.82. The molecule has 144 valence electrons. The first kappa shape index (κ1) is 20.6. The summed E-state index contributed by atoms with van der Waals surface area (Å²) in [7, 11) is 4.46. The Hall–Kier alpha value is -2.74. The van der Waals surface area contributed by atoms with E-state index in [-0.39, 0.29) is 18.4 Å². The Bertz CT molecular complexity index is 783. The number of hydrogen-bond acceptors (Lipinski definition) is 5. The lowest BCUT2D eigenvalue weighted by Gasteiger charge is -2.14. The van der Waals surface area contributed by atoms with Gasteiger partial charge in [-0.05, 0) is 36.4 Å². The number of benzene rings is 2. The monoisotopic (exact) mass is 436 g/mol. The quantitative estimate of drug-likeness (QED) is 0.621. The molecule has 0 heterocycles. The van der Waals surface area contributed by atoms with Gasteiger partial charge in [-0.1, -0.05) is 15.9 Å². The molecule has 0 bridgehead atoms. The van der Waals surface area contributed by atoms with Crippen LogP contribution in [0.15, 0.2) is 40.9 Å². The number of carbonyl (C=O) groups excluding carboxylic acids is 2. The van der Waals surface area contributed by atoms with Crippen LogP contribution in [0.2, 0.25) is 0 Å². The highest BCUT2D eigenvalue weighted by Crippen LogP contribution is 2.38. The van der Waals surface area contributed by atoms with Gasteiger partial charge < -0.3 is 24.8 Å². The van der Waals surface area contributed by atoms with Crippen LogP contribution in [0, 0.1) is 0 Å². The molecule has 0 aromatic heterocycles. The Balaban J connectivity index is 1.92. The number of halogens is 1. The summed E-state index contributed by atoms with van der Waals surface area (Å²) >= 11 is 3.32. The number of ether oxygens (including phenoxy) is 3. The van der Waals surface area contributed by atoms with Crippen LogP contribution in [0.5, 0.6) is 17.2 Å². The lowest BCUT2D eigenvalue weighted by atomic mass is 10.1. The number of carbonyl (C=O) groups is 2. The molecular formula is C19H21BrN2O5. The van der Waals surface area contributed by atoms with Crippen LogP contribution >= 0.6 is 15.9 Å². The van der Waals surface area contributed by atoms with Gasteiger partial charge in [0.25, 0.3) is 11.8 Å². The van der Waals surface area contributed by atoms with E-state index >= 15 is 0 Å². The predicted octanol–water partition coefficient (Wildman–Crippen LogP) is 2.63. The first-order chi connectivity index (χ1) is 13.0. The van der Waals surface area contributed by atoms with Gasteiger partial charge in [0.1, 0.15) is 0 Å². The topological polar surface area (TPSA) is 85.9 Å². The molecule has 8 heteroatoms. The van der Waals surface area contributed by atoms with Crippen molar-refractivity contribution in [1.82, 2.24) is 10.6 Å². The van der Waals surface area contributed by atoms with Crippen molar-refractivity contribution in [2.45, 2.75) is 0 Å². The van der Waals surface area contributed by atoms with E-state index < -0.39 is 0 Å². The summed E-state index contributed by atoms with van der Waals surface area (Å²) in [5.74, 6) is 0.686. The van der Waals surface area contributed by atoms with E-state index in [1.54, 1.807) is 36.4 Å². The molecular weight excluding hydrogens is 416 g/mol. The van der Waals surface area contributed by atoms with Crippen molar-refractivity contribution in [3.05, 3.63) is 52.0 Å². The molecule has 0 unspecified atom stereocenters. The number of methoxy groups -OCH3 is 3. The molecule has 0 radical (unpaired) electrons. The molecule has 0 aliphatic heterocycles. The molecule has 0 fully saturated rings. The van der Waals surface area contributed by atoms with Crippen molar-refractivity contribution >= 4 is 27.7 Å². The fraction of sp³-hybridized carbons (Fsp3) is 0.263. The lowest BCUT2D eigenvalue weighted by molar-refractivity contribution is 0.0927. The van der Waals surface area contributed by atoms with E-state index in [0.717, 1.165) is 4.47 Å². The number of amides is 2. The van der Waals surface area contributed by atoms with Gasteiger partial charge in [-0.25, -0.2) is 0 Å². The standard InChI is InChI=1S/C19H21BrN2O5/c1-25-15-10-13(11-16(26-2)17(15)27-3)19(24)22-9-8-21-18(23)12-4-6-14(20)7-5-12/h4-7,10-11H,8-9H2,1-3H3,(H,21,23)(H,22,24). The van der Waals surface area contributed by atoms with Crippen LogP contribution in [-0.2, 0) is 0 Å². The molecule has 2 amide bonds. The van der Waals surface area contributed by atoms with Gasteiger partial charge in [-0.15, -0.1) is 0 Å². The molecule has 2 aromatic carbocycles. The Morgan fingerprint density at radius 2 is 1.30 bits per heavy atom. The summed E-state index contributed by atoms with van der Waals surface area (Å²) in [6.45, 7) is 0.572. The molecule has 0 atom stereocenters. The van der Waals surface area contributed by atoms with Crippen molar-refractivity contribution in [1.29, 1.82) is 0 Å². The van der Waals surface area contributed by atoms with Crippen LogP contribution in [-0.4, -0.2) is 46.2 Å². The van der Waals surface area contributed by atoms with Crippen molar-refractivity contribution in [2.75, 3.05) is 34.4 Å². The highest BCUT2D eigenvalue weighted by Gasteiger charge is 2.16. The molecule has 27 heavy (non-hydrogen) atoms. The second-order valence-electron chi connectivity index (χ2n) is 5.43. The highest BCUT2D eigenvalue weighted by atomic mass is 79.9. The minimum absolute atomic E-state index is 0.204. The molecule has 0 spiro atoms. The summed E-state index contributed by atoms with van der Waals surface area (Å²) in [6, 6.07) is 10.2. The molecule has 0 saturated carbocycles. The third kappa shape index (κ3) is 5.37. The number of nitrogens with one attached hydrogen (secondary N) is 2. The molecule has 0 aliphatic rings. The molecule has 0 aliphatic carbocycles. The third-order valence-electron chi connectivity index (χ3n) is 3.73. The van der Waals surface area contributed by atoms with Crippen LogP contribution in [0.3, 0.4) is 0 Å². The Morgan fingerprint density at radius 3 is 1.74 bits per heavy atom. The van der Waals surface area contributed by atoms with E-state index in [1.807, 2.05) is 0 Å². The molecule has 7 nitrogen and oxygen atoms in total. The maximum Gasteiger partial charge on any atom is 0.251 e. The Kier molecular flexibility index (Phi) is 7.48. The minimum Gasteiger partial charge on any atom is -0.493 e. The van der Waals surface area contributed by atoms with Gasteiger partial charge in [0.05, 0.1) is 21.3 Å². The summed E-state index contributed by atoms with van der Waals surface area (Å²) in [5.41, 5.74) is 0.915. The Morgan fingerprint density at radius 1 is 0.815 bits per heavy atom. The zero-order valence-electron chi connectivity index (χ0n) is 15.3. The SMILES string of the molecule is COc1cc(C(=O)NCCNC(=O)c2ccc(Br)cc2)cc(OC)c1OC. The van der Waals surface area contributed by atoms with Crippen molar-refractivity contribution in [2.24, 2.45) is 0 Å². The van der Waals surface area contributed by atoms with Crippen LogP contribution in [0.4, 0.5) is 0 Å². The summed E-state index contributed by atoms with van der Waals surface area (Å²) in [4.78, 5) is 24.4. The van der Waals surface area contributed by atoms with E-state index in [0.29, 0.717) is 34.9 Å². The fourth-order valence-corrected chi connectivity index (χ4v) is 2.63. The second-order valence-corrected chi connectivity index (χ2v) is 6.35. The summed E-state index contributed by atoms with van der Waals surface area (Å²) < 4.78 is 16.6. The van der Waals surface area contributed by atoms with Crippen LogP contribution < -0.4 is 24.8 Å². The van der Waals surface area contributed by atoms with E-state index in [4.69, 9.17) is 14.2 Å². The third-order valence-corrected chi connectivity index (χ3v) is 4.26. The maximum absolute atomic E-state index is 12.4. The van der Waals surface area contributed by atoms with E-state index in [2.05, 4.69) is 26.6 Å². The van der Waals surface area contributed by atoms with Crippen molar-refractivity contribution in [3.8, 4) is 17.2 Å². The minimum atomic E-state index is -0.313. The van der Waals surface area contributed by atoms with Gasteiger partial charge in [0.2, 0.25) is 5.75 Å². The fourth-order valence-electron chi connectivity index (χ4n) is 2.37. The van der Waals surface area contributed by atoms with Gasteiger partial charge in [0, 0.05) is 28.7 Å². The van der Waals surface area contributed by atoms with Crippen molar-refractivity contribution < 1.29 is 23.8 Å². The number of hydrogen-bond donors (Lipinski definition) is 2. The van der Waals surface area contributed by atoms with Gasteiger partial charge in [-0.3, -0.25) is 9.59 Å². The first-order valence-electron chi connectivity index (χ1n) is 8.12. The van der Waals surface area contributed by atoms with Gasteiger partial charge in [-0.2, -0.15) is 0 Å². The number of rotatable bonds is 8. The lowest BCUT2D eigenvalue weighted by Crippen LogP contribution is -2.34. The predicted molar refractivity (Wildman–Crippen MR) is 105 cm³/mol. The molecule has 2 aromatic rings. The smallest absolute Gasteiger partial charge is 0.251 e. The highest BCUT2D eigenvalue weighted by molar-refractivity contribution is 9.10. The van der Waals surface area contributed by atoms with Gasteiger partial charge >= 0.3 is 0 Å².